The van der Waals surface area contributed by atoms with E-state index in [1.165, 1.54) is 6.07 Å². The third-order valence-corrected chi connectivity index (χ3v) is 3.49. The van der Waals surface area contributed by atoms with Gasteiger partial charge in [0.25, 0.3) is 0 Å². The van der Waals surface area contributed by atoms with Crippen molar-refractivity contribution in [1.29, 1.82) is 0 Å². The Hall–Kier alpha value is -1.48. The smallest absolute Gasteiger partial charge is 0.197 e. The van der Waals surface area contributed by atoms with E-state index in [0.717, 1.165) is 11.1 Å². The quantitative estimate of drug-likeness (QED) is 0.750. The number of carbonyl (C=O) groups excluding carboxylic acids is 1. The molecule has 92 valence electrons. The van der Waals surface area contributed by atoms with Crippen LogP contribution in [0.4, 0.5) is 4.39 Å². The summed E-state index contributed by atoms with van der Waals surface area (Å²) in [6.45, 7) is 3.76. The van der Waals surface area contributed by atoms with E-state index in [2.05, 4.69) is 15.9 Å². The van der Waals surface area contributed by atoms with Gasteiger partial charge >= 0.3 is 0 Å². The third-order valence-electron chi connectivity index (χ3n) is 2.83. The molecule has 0 bridgehead atoms. The van der Waals surface area contributed by atoms with Crippen LogP contribution in [0.2, 0.25) is 0 Å². The van der Waals surface area contributed by atoms with Crippen LogP contribution in [0, 0.1) is 19.7 Å². The van der Waals surface area contributed by atoms with Gasteiger partial charge in [-0.25, -0.2) is 4.39 Å². The van der Waals surface area contributed by atoms with Crippen LogP contribution >= 0.6 is 15.9 Å². The number of halogens is 2. The molecule has 0 saturated carbocycles. The molecule has 2 aromatic carbocycles. The summed E-state index contributed by atoms with van der Waals surface area (Å²) in [4.78, 5) is 12.4. The molecular formula is C15H12BrFO. The molecule has 0 amide bonds. The number of hydrogen-bond donors (Lipinski definition) is 0. The van der Waals surface area contributed by atoms with Crippen LogP contribution in [0.3, 0.4) is 0 Å². The highest BCUT2D eigenvalue weighted by Gasteiger charge is 2.18. The Labute approximate surface area is 114 Å². The second-order valence-corrected chi connectivity index (χ2v) is 5.10. The molecular weight excluding hydrogens is 295 g/mol. The van der Waals surface area contributed by atoms with Crippen molar-refractivity contribution in [1.82, 2.24) is 0 Å². The van der Waals surface area contributed by atoms with Gasteiger partial charge in [0.2, 0.25) is 0 Å². The molecule has 2 aromatic rings. The number of aryl methyl sites for hydroxylation is 2. The van der Waals surface area contributed by atoms with Gasteiger partial charge in [-0.05, 0) is 53.5 Å². The number of benzene rings is 2. The Bertz CT molecular complexity index is 600. The van der Waals surface area contributed by atoms with Crippen LogP contribution in [-0.2, 0) is 0 Å². The van der Waals surface area contributed by atoms with Gasteiger partial charge in [-0.2, -0.15) is 0 Å². The fraction of sp³-hybridized carbons (Fsp3) is 0.133. The number of carbonyl (C=O) groups is 1. The Kier molecular flexibility index (Phi) is 3.62. The molecule has 18 heavy (non-hydrogen) atoms. The zero-order valence-corrected chi connectivity index (χ0v) is 11.7. The average Bonchev–Trinajstić information content (AvgIpc) is 2.32. The zero-order valence-electron chi connectivity index (χ0n) is 10.1. The SMILES string of the molecule is Cc1ccc(C)c(C(=O)c2c(F)cccc2Br)c1. The maximum Gasteiger partial charge on any atom is 0.197 e. The van der Waals surface area contributed by atoms with E-state index in [9.17, 15) is 9.18 Å². The lowest BCUT2D eigenvalue weighted by Crippen LogP contribution is -2.07. The summed E-state index contributed by atoms with van der Waals surface area (Å²) in [5.74, 6) is -0.795. The Morgan fingerprint density at radius 2 is 1.89 bits per heavy atom. The minimum Gasteiger partial charge on any atom is -0.288 e. The van der Waals surface area contributed by atoms with Crippen molar-refractivity contribution < 1.29 is 9.18 Å². The Balaban J connectivity index is 2.58. The van der Waals surface area contributed by atoms with Crippen molar-refractivity contribution in [3.8, 4) is 0 Å². The summed E-state index contributed by atoms with van der Waals surface area (Å²) in [5.41, 5.74) is 2.46. The van der Waals surface area contributed by atoms with Crippen molar-refractivity contribution in [2.75, 3.05) is 0 Å². The molecule has 0 radical (unpaired) electrons. The standard InChI is InChI=1S/C15H12BrFO/c1-9-6-7-10(2)11(8-9)15(18)14-12(16)4-3-5-13(14)17/h3-8H,1-2H3. The molecule has 0 aliphatic carbocycles. The summed E-state index contributed by atoms with van der Waals surface area (Å²) < 4.78 is 14.2. The van der Waals surface area contributed by atoms with Gasteiger partial charge in [0, 0.05) is 10.0 Å². The molecule has 2 rings (SSSR count). The second kappa shape index (κ2) is 5.02. The predicted molar refractivity (Wildman–Crippen MR) is 73.4 cm³/mol. The van der Waals surface area contributed by atoms with E-state index in [0.29, 0.717) is 10.0 Å². The molecule has 0 aliphatic heterocycles. The summed E-state index contributed by atoms with van der Waals surface area (Å²) in [6.07, 6.45) is 0. The van der Waals surface area contributed by atoms with E-state index in [-0.39, 0.29) is 11.3 Å². The molecule has 3 heteroatoms. The minimum absolute atomic E-state index is 0.0891. The molecule has 0 unspecified atom stereocenters. The normalized spacial score (nSPS) is 10.4. The van der Waals surface area contributed by atoms with E-state index >= 15 is 0 Å². The van der Waals surface area contributed by atoms with Crippen LogP contribution in [0.25, 0.3) is 0 Å². The van der Waals surface area contributed by atoms with Gasteiger partial charge in [0.1, 0.15) is 5.82 Å². The van der Waals surface area contributed by atoms with Crippen molar-refractivity contribution in [2.24, 2.45) is 0 Å². The lowest BCUT2D eigenvalue weighted by atomic mass is 9.97. The Morgan fingerprint density at radius 1 is 1.17 bits per heavy atom. The topological polar surface area (TPSA) is 17.1 Å². The summed E-state index contributed by atoms with van der Waals surface area (Å²) in [6, 6.07) is 10.1. The van der Waals surface area contributed by atoms with E-state index < -0.39 is 5.82 Å². The van der Waals surface area contributed by atoms with Crippen molar-refractivity contribution in [3.63, 3.8) is 0 Å². The first kappa shape index (κ1) is 13.0. The fourth-order valence-corrected chi connectivity index (χ4v) is 2.35. The number of ketones is 1. The molecule has 0 heterocycles. The summed E-state index contributed by atoms with van der Waals surface area (Å²) in [7, 11) is 0. The van der Waals surface area contributed by atoms with Crippen molar-refractivity contribution >= 4 is 21.7 Å². The highest BCUT2D eigenvalue weighted by Crippen LogP contribution is 2.24. The lowest BCUT2D eigenvalue weighted by molar-refractivity contribution is 0.103. The predicted octanol–water partition coefficient (Wildman–Crippen LogP) is 4.44. The van der Waals surface area contributed by atoms with Crippen molar-refractivity contribution in [2.45, 2.75) is 13.8 Å². The zero-order chi connectivity index (χ0) is 13.3. The van der Waals surface area contributed by atoms with Gasteiger partial charge in [0.05, 0.1) is 5.56 Å². The van der Waals surface area contributed by atoms with Crippen LogP contribution < -0.4 is 0 Å². The first-order valence-electron chi connectivity index (χ1n) is 5.56. The second-order valence-electron chi connectivity index (χ2n) is 4.24. The highest BCUT2D eigenvalue weighted by molar-refractivity contribution is 9.10. The lowest BCUT2D eigenvalue weighted by Gasteiger charge is -2.08. The van der Waals surface area contributed by atoms with Crippen LogP contribution in [-0.4, -0.2) is 5.78 Å². The van der Waals surface area contributed by atoms with E-state index in [4.69, 9.17) is 0 Å². The number of hydrogen-bond acceptors (Lipinski definition) is 1. The first-order chi connectivity index (χ1) is 8.50. The van der Waals surface area contributed by atoms with E-state index in [1.54, 1.807) is 18.2 Å². The van der Waals surface area contributed by atoms with Crippen LogP contribution in [0.5, 0.6) is 0 Å². The molecule has 0 aromatic heterocycles. The largest absolute Gasteiger partial charge is 0.288 e. The van der Waals surface area contributed by atoms with Gasteiger partial charge < -0.3 is 0 Å². The van der Waals surface area contributed by atoms with Crippen LogP contribution in [0.1, 0.15) is 27.0 Å². The number of rotatable bonds is 2. The van der Waals surface area contributed by atoms with Crippen molar-refractivity contribution in [3.05, 3.63) is 68.9 Å². The third kappa shape index (κ3) is 2.36. The van der Waals surface area contributed by atoms with Crippen LogP contribution in [0.15, 0.2) is 40.9 Å². The minimum atomic E-state index is -0.504. The van der Waals surface area contributed by atoms with Gasteiger partial charge in [-0.1, -0.05) is 23.8 Å². The summed E-state index contributed by atoms with van der Waals surface area (Å²) >= 11 is 3.23. The Morgan fingerprint density at radius 3 is 2.56 bits per heavy atom. The highest BCUT2D eigenvalue weighted by atomic mass is 79.9. The fourth-order valence-electron chi connectivity index (χ4n) is 1.83. The van der Waals surface area contributed by atoms with Gasteiger partial charge in [0.15, 0.2) is 5.78 Å². The maximum absolute atomic E-state index is 13.8. The average molecular weight is 307 g/mol. The molecule has 0 fully saturated rings. The maximum atomic E-state index is 13.8. The molecule has 0 N–H and O–H groups in total. The molecule has 1 nitrogen and oxygen atoms in total. The monoisotopic (exact) mass is 306 g/mol. The first-order valence-corrected chi connectivity index (χ1v) is 6.36. The molecule has 0 aliphatic rings. The molecule has 0 atom stereocenters. The van der Waals surface area contributed by atoms with Gasteiger partial charge in [-0.3, -0.25) is 4.79 Å². The molecule has 0 saturated heterocycles. The molecule has 0 spiro atoms. The summed E-state index contributed by atoms with van der Waals surface area (Å²) in [5, 5.41) is 0. The van der Waals surface area contributed by atoms with E-state index in [1.807, 2.05) is 26.0 Å². The van der Waals surface area contributed by atoms with Gasteiger partial charge in [-0.15, -0.1) is 0 Å².